The number of benzene rings is 2. The van der Waals surface area contributed by atoms with E-state index in [9.17, 15) is 4.79 Å². The average molecular weight is 376 g/mol. The number of fused-ring (bicyclic) bond motifs is 1. The van der Waals surface area contributed by atoms with Crippen LogP contribution in [0.4, 0.5) is 0 Å². The molecule has 1 aliphatic rings. The van der Waals surface area contributed by atoms with Crippen LogP contribution in [0.5, 0.6) is 11.5 Å². The van der Waals surface area contributed by atoms with Crippen LogP contribution in [0.15, 0.2) is 36.4 Å². The zero-order valence-corrected chi connectivity index (χ0v) is 15.4. The molecule has 0 bridgehead atoms. The Morgan fingerprint density at radius 2 is 2.23 bits per heavy atom. The number of nitrogens with one attached hydrogen (secondary N) is 1. The molecule has 1 unspecified atom stereocenters. The molecule has 1 aliphatic heterocycles. The minimum atomic E-state index is -0.870. The smallest absolute Gasteiger partial charge is 0.317 e. The second-order valence-corrected chi connectivity index (χ2v) is 6.68. The Balaban J connectivity index is 1.65. The lowest BCUT2D eigenvalue weighted by molar-refractivity contribution is -0.136. The molecule has 138 valence electrons. The number of carboxylic acid groups (broad SMARTS) is 1. The van der Waals surface area contributed by atoms with Crippen LogP contribution in [-0.2, 0) is 24.2 Å². The standard InChI is InChI=1S/C20H22ClNO4/c1-2-13-4-3-5-18(21)17(13)12-25-16-7-6-14-8-15(22-10-20(23)24)11-26-19(14)9-16/h3-7,9,15,22H,2,8,10-12H2,1H3,(H,23,24). The van der Waals surface area contributed by atoms with E-state index >= 15 is 0 Å². The average Bonchev–Trinajstić information content (AvgIpc) is 2.64. The number of ether oxygens (including phenoxy) is 2. The number of hydrogen-bond acceptors (Lipinski definition) is 4. The molecule has 2 N–H and O–H groups in total. The van der Waals surface area contributed by atoms with Gasteiger partial charge in [0.1, 0.15) is 24.7 Å². The lowest BCUT2D eigenvalue weighted by Crippen LogP contribution is -2.41. The van der Waals surface area contributed by atoms with E-state index in [0.717, 1.165) is 35.5 Å². The van der Waals surface area contributed by atoms with Crippen LogP contribution in [0.25, 0.3) is 0 Å². The third-order valence-electron chi connectivity index (χ3n) is 4.47. The molecule has 0 amide bonds. The zero-order valence-electron chi connectivity index (χ0n) is 14.6. The first-order valence-electron chi connectivity index (χ1n) is 8.66. The molecule has 6 heteroatoms. The second kappa shape index (κ2) is 8.43. The van der Waals surface area contributed by atoms with Crippen LogP contribution in [0.2, 0.25) is 5.02 Å². The Kier molecular flexibility index (Phi) is 6.01. The molecule has 0 spiro atoms. The van der Waals surface area contributed by atoms with Gasteiger partial charge in [-0.15, -0.1) is 0 Å². The lowest BCUT2D eigenvalue weighted by Gasteiger charge is -2.26. The summed E-state index contributed by atoms with van der Waals surface area (Å²) in [6.45, 7) is 2.87. The van der Waals surface area contributed by atoms with E-state index in [1.807, 2.05) is 30.3 Å². The predicted molar refractivity (Wildman–Crippen MR) is 100 cm³/mol. The molecule has 0 radical (unpaired) electrons. The minimum Gasteiger partial charge on any atom is -0.492 e. The Morgan fingerprint density at radius 1 is 1.38 bits per heavy atom. The maximum absolute atomic E-state index is 10.7. The molecule has 3 rings (SSSR count). The van der Waals surface area contributed by atoms with E-state index in [4.69, 9.17) is 26.2 Å². The molecule has 0 aromatic heterocycles. The fourth-order valence-corrected chi connectivity index (χ4v) is 3.31. The molecule has 0 saturated heterocycles. The number of carboxylic acids is 1. The third kappa shape index (κ3) is 4.48. The quantitative estimate of drug-likeness (QED) is 0.775. The molecule has 0 aliphatic carbocycles. The van der Waals surface area contributed by atoms with E-state index < -0.39 is 5.97 Å². The van der Waals surface area contributed by atoms with Gasteiger partial charge < -0.3 is 19.9 Å². The van der Waals surface area contributed by atoms with Crippen LogP contribution in [0.1, 0.15) is 23.6 Å². The van der Waals surface area contributed by atoms with Gasteiger partial charge in [-0.25, -0.2) is 0 Å². The fourth-order valence-electron chi connectivity index (χ4n) is 3.06. The van der Waals surface area contributed by atoms with Crippen LogP contribution >= 0.6 is 11.6 Å². The molecule has 1 atom stereocenters. The molecule has 0 fully saturated rings. The van der Waals surface area contributed by atoms with Crippen LogP contribution in [0.3, 0.4) is 0 Å². The lowest BCUT2D eigenvalue weighted by atomic mass is 10.0. The summed E-state index contributed by atoms with van der Waals surface area (Å²) in [5.74, 6) is 0.638. The predicted octanol–water partition coefficient (Wildman–Crippen LogP) is 3.46. The van der Waals surface area contributed by atoms with E-state index in [-0.39, 0.29) is 12.6 Å². The minimum absolute atomic E-state index is 0.000561. The van der Waals surface area contributed by atoms with Crippen molar-refractivity contribution in [1.29, 1.82) is 0 Å². The van der Waals surface area contributed by atoms with Gasteiger partial charge in [0, 0.05) is 22.7 Å². The largest absolute Gasteiger partial charge is 0.492 e. The number of aryl methyl sites for hydroxylation is 1. The van der Waals surface area contributed by atoms with Crippen LogP contribution in [-0.4, -0.2) is 30.3 Å². The van der Waals surface area contributed by atoms with E-state index in [1.54, 1.807) is 0 Å². The molecule has 1 heterocycles. The Labute approximate surface area is 157 Å². The topological polar surface area (TPSA) is 67.8 Å². The summed E-state index contributed by atoms with van der Waals surface area (Å²) in [6.07, 6.45) is 1.63. The van der Waals surface area contributed by atoms with Gasteiger partial charge in [-0.05, 0) is 36.1 Å². The van der Waals surface area contributed by atoms with Crippen molar-refractivity contribution in [1.82, 2.24) is 5.32 Å². The maximum Gasteiger partial charge on any atom is 0.317 e. The van der Waals surface area contributed by atoms with Gasteiger partial charge in [0.2, 0.25) is 0 Å². The van der Waals surface area contributed by atoms with Crippen molar-refractivity contribution < 1.29 is 19.4 Å². The van der Waals surface area contributed by atoms with Crippen molar-refractivity contribution >= 4 is 17.6 Å². The summed E-state index contributed by atoms with van der Waals surface area (Å²) < 4.78 is 11.7. The summed E-state index contributed by atoms with van der Waals surface area (Å²) >= 11 is 6.30. The number of carbonyl (C=O) groups is 1. The summed E-state index contributed by atoms with van der Waals surface area (Å²) in [5, 5.41) is 12.4. The molecule has 2 aromatic rings. The van der Waals surface area contributed by atoms with Gasteiger partial charge in [-0.1, -0.05) is 36.7 Å². The van der Waals surface area contributed by atoms with Gasteiger partial charge in [-0.2, -0.15) is 0 Å². The van der Waals surface area contributed by atoms with Gasteiger partial charge >= 0.3 is 5.97 Å². The highest BCUT2D eigenvalue weighted by atomic mass is 35.5. The van der Waals surface area contributed by atoms with Crippen molar-refractivity contribution in [2.75, 3.05) is 13.2 Å². The Hall–Kier alpha value is -2.24. The number of hydrogen-bond donors (Lipinski definition) is 2. The Bertz CT molecular complexity index is 793. The van der Waals surface area contributed by atoms with Gasteiger partial charge in [0.15, 0.2) is 0 Å². The van der Waals surface area contributed by atoms with Crippen molar-refractivity contribution in [3.63, 3.8) is 0 Å². The highest BCUT2D eigenvalue weighted by Crippen LogP contribution is 2.30. The molecule has 26 heavy (non-hydrogen) atoms. The Morgan fingerprint density at radius 3 is 3.00 bits per heavy atom. The highest BCUT2D eigenvalue weighted by molar-refractivity contribution is 6.31. The van der Waals surface area contributed by atoms with E-state index in [0.29, 0.717) is 18.2 Å². The molecular formula is C20H22ClNO4. The number of aliphatic carboxylic acids is 1. The van der Waals surface area contributed by atoms with Gasteiger partial charge in [-0.3, -0.25) is 4.79 Å². The second-order valence-electron chi connectivity index (χ2n) is 6.28. The van der Waals surface area contributed by atoms with Crippen molar-refractivity contribution in [3.05, 3.63) is 58.1 Å². The molecule has 5 nitrogen and oxygen atoms in total. The van der Waals surface area contributed by atoms with Crippen molar-refractivity contribution in [3.8, 4) is 11.5 Å². The SMILES string of the molecule is CCc1cccc(Cl)c1COc1ccc2c(c1)OCC(NCC(=O)O)C2. The van der Waals surface area contributed by atoms with Crippen molar-refractivity contribution in [2.24, 2.45) is 0 Å². The first-order valence-corrected chi connectivity index (χ1v) is 9.04. The normalized spacial score (nSPS) is 15.8. The van der Waals surface area contributed by atoms with E-state index in [2.05, 4.69) is 18.3 Å². The maximum atomic E-state index is 10.7. The van der Waals surface area contributed by atoms with Crippen LogP contribution < -0.4 is 14.8 Å². The summed E-state index contributed by atoms with van der Waals surface area (Å²) in [7, 11) is 0. The molecule has 2 aromatic carbocycles. The monoisotopic (exact) mass is 375 g/mol. The first kappa shape index (κ1) is 18.5. The first-order chi connectivity index (χ1) is 12.6. The summed E-state index contributed by atoms with van der Waals surface area (Å²) in [4.78, 5) is 10.7. The van der Waals surface area contributed by atoms with Gasteiger partial charge in [0.25, 0.3) is 0 Å². The third-order valence-corrected chi connectivity index (χ3v) is 4.82. The highest BCUT2D eigenvalue weighted by Gasteiger charge is 2.20. The van der Waals surface area contributed by atoms with Crippen molar-refractivity contribution in [2.45, 2.75) is 32.4 Å². The summed E-state index contributed by atoms with van der Waals surface area (Å²) in [6, 6.07) is 11.6. The zero-order chi connectivity index (χ0) is 18.5. The molecule has 0 saturated carbocycles. The fraction of sp³-hybridized carbons (Fsp3) is 0.350. The van der Waals surface area contributed by atoms with Crippen LogP contribution in [0, 0.1) is 0 Å². The summed E-state index contributed by atoms with van der Waals surface area (Å²) in [5.41, 5.74) is 3.23. The van der Waals surface area contributed by atoms with E-state index in [1.165, 1.54) is 5.56 Å². The number of rotatable bonds is 7. The number of halogens is 1. The van der Waals surface area contributed by atoms with Gasteiger partial charge in [0.05, 0.1) is 6.54 Å². The molecular weight excluding hydrogens is 354 g/mol.